The molecule has 0 bridgehead atoms. The van der Waals surface area contributed by atoms with Crippen LogP contribution in [0.2, 0.25) is 0 Å². The lowest BCUT2D eigenvalue weighted by atomic mass is 10.1. The van der Waals surface area contributed by atoms with Crippen LogP contribution in [-0.2, 0) is 0 Å². The van der Waals surface area contributed by atoms with Crippen LogP contribution in [0.1, 0.15) is 25.5 Å². The van der Waals surface area contributed by atoms with E-state index in [-0.39, 0.29) is 0 Å². The van der Waals surface area contributed by atoms with Gasteiger partial charge >= 0.3 is 0 Å². The zero-order chi connectivity index (χ0) is 8.55. The molecule has 0 fully saturated rings. The molecule has 2 heteroatoms. The van der Waals surface area contributed by atoms with Crippen molar-refractivity contribution in [2.24, 2.45) is 0 Å². The summed E-state index contributed by atoms with van der Waals surface area (Å²) in [5.74, 6) is 0.417. The topological polar surface area (TPSA) is 26.0 Å². The second kappa shape index (κ2) is 2.63. The number of hydrogen-bond acceptors (Lipinski definition) is 2. The minimum Gasteiger partial charge on any atom is -0.462 e. The van der Waals surface area contributed by atoms with E-state index in [4.69, 9.17) is 4.42 Å². The van der Waals surface area contributed by atoms with E-state index in [0.717, 1.165) is 16.7 Å². The van der Waals surface area contributed by atoms with Crippen LogP contribution in [0, 0.1) is 0 Å². The molecule has 2 aromatic rings. The summed E-state index contributed by atoms with van der Waals surface area (Å²) in [6.07, 6.45) is 3.53. The number of furan rings is 1. The van der Waals surface area contributed by atoms with E-state index in [0.29, 0.717) is 5.92 Å². The summed E-state index contributed by atoms with van der Waals surface area (Å²) < 4.78 is 5.35. The molecule has 2 heterocycles. The largest absolute Gasteiger partial charge is 0.462 e. The molecular formula is C10H11NO. The van der Waals surface area contributed by atoms with Crippen LogP contribution in [0.25, 0.3) is 11.0 Å². The van der Waals surface area contributed by atoms with Gasteiger partial charge in [-0.15, -0.1) is 0 Å². The summed E-state index contributed by atoms with van der Waals surface area (Å²) in [6.45, 7) is 4.23. The number of hydrogen-bond donors (Lipinski definition) is 0. The van der Waals surface area contributed by atoms with Gasteiger partial charge in [-0.3, -0.25) is 4.98 Å². The number of fused-ring (bicyclic) bond motifs is 1. The molecule has 0 amide bonds. The van der Waals surface area contributed by atoms with Crippen LogP contribution >= 0.6 is 0 Å². The molecule has 2 aromatic heterocycles. The average Bonchev–Trinajstić information content (AvgIpc) is 2.49. The van der Waals surface area contributed by atoms with Crippen LogP contribution in [0.5, 0.6) is 0 Å². The number of pyridine rings is 1. The second-order valence-electron chi connectivity index (χ2n) is 3.19. The Hall–Kier alpha value is -1.31. The van der Waals surface area contributed by atoms with Gasteiger partial charge in [0.15, 0.2) is 5.58 Å². The molecule has 0 atom stereocenters. The van der Waals surface area contributed by atoms with Crippen molar-refractivity contribution < 1.29 is 4.42 Å². The molecule has 12 heavy (non-hydrogen) atoms. The van der Waals surface area contributed by atoms with E-state index >= 15 is 0 Å². The minimum absolute atomic E-state index is 0.417. The Bertz CT molecular complexity index is 389. The minimum atomic E-state index is 0.417. The Morgan fingerprint density at radius 2 is 2.17 bits per heavy atom. The highest BCUT2D eigenvalue weighted by molar-refractivity contribution is 5.79. The van der Waals surface area contributed by atoms with Crippen molar-refractivity contribution in [2.45, 2.75) is 19.8 Å². The normalized spacial score (nSPS) is 11.2. The molecule has 0 spiro atoms. The highest BCUT2D eigenvalue weighted by atomic mass is 16.3. The lowest BCUT2D eigenvalue weighted by Crippen LogP contribution is -1.91. The molecule has 2 rings (SSSR count). The van der Waals surface area contributed by atoms with Crippen molar-refractivity contribution in [1.82, 2.24) is 4.98 Å². The van der Waals surface area contributed by atoms with Crippen molar-refractivity contribution in [3.05, 3.63) is 30.3 Å². The molecule has 0 saturated heterocycles. The maximum Gasteiger partial charge on any atom is 0.155 e. The highest BCUT2D eigenvalue weighted by Gasteiger charge is 2.07. The Labute approximate surface area is 71.2 Å². The highest BCUT2D eigenvalue weighted by Crippen LogP contribution is 2.23. The van der Waals surface area contributed by atoms with Crippen molar-refractivity contribution in [3.8, 4) is 0 Å². The number of nitrogens with zero attached hydrogens (tertiary/aromatic N) is 1. The van der Waals surface area contributed by atoms with Crippen LogP contribution < -0.4 is 0 Å². The van der Waals surface area contributed by atoms with E-state index in [9.17, 15) is 0 Å². The van der Waals surface area contributed by atoms with Crippen LogP contribution in [0.4, 0.5) is 0 Å². The molecule has 2 nitrogen and oxygen atoms in total. The monoisotopic (exact) mass is 161 g/mol. The summed E-state index contributed by atoms with van der Waals surface area (Å²) in [4.78, 5) is 4.28. The molecule has 0 unspecified atom stereocenters. The summed E-state index contributed by atoms with van der Waals surface area (Å²) >= 11 is 0. The molecule has 0 aliphatic carbocycles. The third-order valence-corrected chi connectivity index (χ3v) is 1.94. The third-order valence-electron chi connectivity index (χ3n) is 1.94. The van der Waals surface area contributed by atoms with E-state index < -0.39 is 0 Å². The van der Waals surface area contributed by atoms with Gasteiger partial charge in [-0.2, -0.15) is 0 Å². The first-order chi connectivity index (χ1) is 5.79. The van der Waals surface area contributed by atoms with E-state index in [1.807, 2.05) is 18.3 Å². The molecule has 0 aliphatic heterocycles. The molecule has 0 aromatic carbocycles. The van der Waals surface area contributed by atoms with Crippen molar-refractivity contribution in [3.63, 3.8) is 0 Å². The quantitative estimate of drug-likeness (QED) is 0.642. The van der Waals surface area contributed by atoms with Crippen LogP contribution in [-0.4, -0.2) is 4.98 Å². The maximum atomic E-state index is 5.35. The predicted molar refractivity (Wildman–Crippen MR) is 48.1 cm³/mol. The standard InChI is InChI=1S/C10H11NO/c1-7(2)9-10-8(3-5-11-9)4-6-12-10/h3-7H,1-2H3. The Morgan fingerprint density at radius 3 is 2.92 bits per heavy atom. The summed E-state index contributed by atoms with van der Waals surface area (Å²) in [5.41, 5.74) is 1.96. The molecule has 0 saturated carbocycles. The van der Waals surface area contributed by atoms with Gasteiger partial charge in [0.2, 0.25) is 0 Å². The third kappa shape index (κ3) is 0.998. The van der Waals surface area contributed by atoms with Gasteiger partial charge in [0.25, 0.3) is 0 Å². The van der Waals surface area contributed by atoms with Gasteiger partial charge in [0, 0.05) is 11.6 Å². The van der Waals surface area contributed by atoms with Gasteiger partial charge in [0.05, 0.1) is 12.0 Å². The zero-order valence-corrected chi connectivity index (χ0v) is 7.24. The molecular weight excluding hydrogens is 150 g/mol. The van der Waals surface area contributed by atoms with E-state index in [1.165, 1.54) is 0 Å². The number of aromatic nitrogens is 1. The first-order valence-corrected chi connectivity index (χ1v) is 4.11. The van der Waals surface area contributed by atoms with Gasteiger partial charge in [0.1, 0.15) is 0 Å². The molecule has 0 aliphatic rings. The summed E-state index contributed by atoms with van der Waals surface area (Å²) in [5, 5.41) is 1.13. The predicted octanol–water partition coefficient (Wildman–Crippen LogP) is 2.95. The van der Waals surface area contributed by atoms with E-state index in [2.05, 4.69) is 18.8 Å². The first-order valence-electron chi connectivity index (χ1n) is 4.11. The first kappa shape index (κ1) is 7.35. The smallest absolute Gasteiger partial charge is 0.155 e. The van der Waals surface area contributed by atoms with Gasteiger partial charge < -0.3 is 4.42 Å². The van der Waals surface area contributed by atoms with Gasteiger partial charge in [-0.05, 0) is 18.1 Å². The van der Waals surface area contributed by atoms with Gasteiger partial charge in [-0.25, -0.2) is 0 Å². The van der Waals surface area contributed by atoms with Crippen molar-refractivity contribution in [2.75, 3.05) is 0 Å². The molecule has 0 N–H and O–H groups in total. The summed E-state index contributed by atoms with van der Waals surface area (Å²) in [7, 11) is 0. The fourth-order valence-electron chi connectivity index (χ4n) is 1.33. The van der Waals surface area contributed by atoms with Crippen LogP contribution in [0.3, 0.4) is 0 Å². The second-order valence-corrected chi connectivity index (χ2v) is 3.19. The van der Waals surface area contributed by atoms with Crippen molar-refractivity contribution in [1.29, 1.82) is 0 Å². The maximum absolute atomic E-state index is 5.35. The molecule has 0 radical (unpaired) electrons. The lowest BCUT2D eigenvalue weighted by Gasteiger charge is -2.02. The fourth-order valence-corrected chi connectivity index (χ4v) is 1.33. The molecule has 62 valence electrons. The Balaban J connectivity index is 2.73. The Morgan fingerprint density at radius 1 is 1.33 bits per heavy atom. The summed E-state index contributed by atoms with van der Waals surface area (Å²) in [6, 6.07) is 3.92. The van der Waals surface area contributed by atoms with Crippen molar-refractivity contribution >= 4 is 11.0 Å². The van der Waals surface area contributed by atoms with Crippen LogP contribution in [0.15, 0.2) is 29.0 Å². The SMILES string of the molecule is CC(C)c1nccc2ccoc12. The Kier molecular flexibility index (Phi) is 1.61. The van der Waals surface area contributed by atoms with E-state index in [1.54, 1.807) is 6.26 Å². The fraction of sp³-hybridized carbons (Fsp3) is 0.300. The zero-order valence-electron chi connectivity index (χ0n) is 7.24. The number of rotatable bonds is 1. The lowest BCUT2D eigenvalue weighted by molar-refractivity contribution is 0.603. The van der Waals surface area contributed by atoms with Gasteiger partial charge in [-0.1, -0.05) is 13.8 Å². The average molecular weight is 161 g/mol.